The normalized spacial score (nSPS) is 10.8. The molecule has 3 aromatic rings. The molecule has 1 heterocycles. The van der Waals surface area contributed by atoms with Crippen LogP contribution in [0.1, 0.15) is 21.5 Å². The van der Waals surface area contributed by atoms with Gasteiger partial charge in [0.2, 0.25) is 0 Å². The highest BCUT2D eigenvalue weighted by atomic mass is 35.5. The molecule has 6 heteroatoms. The van der Waals surface area contributed by atoms with Gasteiger partial charge in [0.05, 0.1) is 5.56 Å². The largest absolute Gasteiger partial charge is 0.508 e. The fourth-order valence-corrected chi connectivity index (χ4v) is 2.47. The smallest absolute Gasteiger partial charge is 0.338 e. The van der Waals surface area contributed by atoms with Crippen LogP contribution in [0.3, 0.4) is 0 Å². The predicted octanol–water partition coefficient (Wildman–Crippen LogP) is 3.82. The molecule has 0 saturated heterocycles. The molecular weight excluding hydrogens is 332 g/mol. The molecule has 0 bridgehead atoms. The SMILES string of the molecule is Cc1c(O)ccc2c(COC(=O)c3ccc(Cl)cc3)cc(=O)oc12. The molecule has 0 spiro atoms. The Morgan fingerprint density at radius 3 is 2.62 bits per heavy atom. The summed E-state index contributed by atoms with van der Waals surface area (Å²) < 4.78 is 10.4. The third-order valence-electron chi connectivity index (χ3n) is 3.66. The summed E-state index contributed by atoms with van der Waals surface area (Å²) in [5.74, 6) is -0.496. The molecule has 1 N–H and O–H groups in total. The molecule has 0 amide bonds. The molecule has 0 radical (unpaired) electrons. The van der Waals surface area contributed by atoms with Crippen molar-refractivity contribution in [1.29, 1.82) is 0 Å². The Morgan fingerprint density at radius 2 is 1.92 bits per heavy atom. The standard InChI is InChI=1S/C18H13ClO5/c1-10-15(20)7-6-14-12(8-16(21)24-17(10)14)9-23-18(22)11-2-4-13(19)5-3-11/h2-8,20H,9H2,1H3. The minimum Gasteiger partial charge on any atom is -0.508 e. The molecule has 0 saturated carbocycles. The van der Waals surface area contributed by atoms with Crippen LogP contribution < -0.4 is 5.63 Å². The van der Waals surface area contributed by atoms with E-state index in [1.807, 2.05) is 0 Å². The predicted molar refractivity (Wildman–Crippen MR) is 89.5 cm³/mol. The Balaban J connectivity index is 1.90. The fraction of sp³-hybridized carbons (Fsp3) is 0.111. The van der Waals surface area contributed by atoms with Gasteiger partial charge in [-0.3, -0.25) is 0 Å². The number of phenols is 1. The first-order valence-electron chi connectivity index (χ1n) is 7.13. The average molecular weight is 345 g/mol. The minimum absolute atomic E-state index is 0.0287. The molecule has 122 valence electrons. The molecule has 0 aliphatic carbocycles. The van der Waals surface area contributed by atoms with E-state index in [2.05, 4.69) is 0 Å². The van der Waals surface area contributed by atoms with Crippen molar-refractivity contribution in [2.75, 3.05) is 0 Å². The lowest BCUT2D eigenvalue weighted by molar-refractivity contribution is 0.0474. The third kappa shape index (κ3) is 3.12. The van der Waals surface area contributed by atoms with Crippen LogP contribution in [0.2, 0.25) is 5.02 Å². The Bertz CT molecular complexity index is 973. The quantitative estimate of drug-likeness (QED) is 0.577. The second-order valence-electron chi connectivity index (χ2n) is 5.26. The fourth-order valence-electron chi connectivity index (χ4n) is 2.35. The van der Waals surface area contributed by atoms with Gasteiger partial charge < -0.3 is 14.3 Å². The lowest BCUT2D eigenvalue weighted by atomic mass is 10.1. The van der Waals surface area contributed by atoms with E-state index in [0.717, 1.165) is 0 Å². The van der Waals surface area contributed by atoms with Gasteiger partial charge in [0.15, 0.2) is 0 Å². The van der Waals surface area contributed by atoms with E-state index in [1.165, 1.54) is 12.1 Å². The average Bonchev–Trinajstić information content (AvgIpc) is 2.56. The number of ether oxygens (including phenoxy) is 1. The first-order valence-corrected chi connectivity index (χ1v) is 7.51. The van der Waals surface area contributed by atoms with Crippen LogP contribution >= 0.6 is 11.6 Å². The summed E-state index contributed by atoms with van der Waals surface area (Å²) in [5.41, 5.74) is 1.02. The number of carbonyl (C=O) groups excluding carboxylic acids is 1. The van der Waals surface area contributed by atoms with Crippen LogP contribution in [0, 0.1) is 6.92 Å². The van der Waals surface area contributed by atoms with Gasteiger partial charge in [-0.2, -0.15) is 0 Å². The highest BCUT2D eigenvalue weighted by molar-refractivity contribution is 6.30. The van der Waals surface area contributed by atoms with Crippen LogP contribution in [0.25, 0.3) is 11.0 Å². The van der Waals surface area contributed by atoms with E-state index in [0.29, 0.717) is 27.1 Å². The Kier molecular flexibility index (Phi) is 4.27. The number of phenolic OH excluding ortho intramolecular Hbond substituents is 1. The molecule has 0 atom stereocenters. The summed E-state index contributed by atoms with van der Waals surface area (Å²) in [5, 5.41) is 10.9. The maximum absolute atomic E-state index is 12.1. The first kappa shape index (κ1) is 16.1. The molecular formula is C18H13ClO5. The van der Waals surface area contributed by atoms with Crippen LogP contribution in [0.5, 0.6) is 5.75 Å². The highest BCUT2D eigenvalue weighted by Crippen LogP contribution is 2.27. The zero-order valence-corrected chi connectivity index (χ0v) is 13.5. The summed E-state index contributed by atoms with van der Waals surface area (Å²) in [6.45, 7) is 1.55. The minimum atomic E-state index is -0.575. The molecule has 0 aliphatic heterocycles. The number of aryl methyl sites for hydroxylation is 1. The number of hydrogen-bond acceptors (Lipinski definition) is 5. The molecule has 24 heavy (non-hydrogen) atoms. The first-order chi connectivity index (χ1) is 11.5. The van der Waals surface area contributed by atoms with E-state index >= 15 is 0 Å². The van der Waals surface area contributed by atoms with Gasteiger partial charge in [-0.25, -0.2) is 9.59 Å². The summed E-state index contributed by atoms with van der Waals surface area (Å²) in [6, 6.07) is 10.7. The Labute approximate surface area is 142 Å². The van der Waals surface area contributed by atoms with Gasteiger partial charge in [0.25, 0.3) is 0 Å². The lowest BCUT2D eigenvalue weighted by Gasteiger charge is -2.09. The highest BCUT2D eigenvalue weighted by Gasteiger charge is 2.13. The number of esters is 1. The van der Waals surface area contributed by atoms with Crippen molar-refractivity contribution in [1.82, 2.24) is 0 Å². The maximum atomic E-state index is 12.1. The number of aromatic hydroxyl groups is 1. The van der Waals surface area contributed by atoms with Crippen LogP contribution in [0.15, 0.2) is 51.7 Å². The monoisotopic (exact) mass is 344 g/mol. The number of hydrogen-bond donors (Lipinski definition) is 1. The van der Waals surface area contributed by atoms with Crippen molar-refractivity contribution in [3.63, 3.8) is 0 Å². The molecule has 3 rings (SSSR count). The molecule has 0 aliphatic rings. The van der Waals surface area contributed by atoms with Crippen molar-refractivity contribution in [3.05, 3.63) is 74.6 Å². The van der Waals surface area contributed by atoms with Gasteiger partial charge in [0, 0.05) is 27.6 Å². The van der Waals surface area contributed by atoms with Gasteiger partial charge in [0.1, 0.15) is 17.9 Å². The van der Waals surface area contributed by atoms with E-state index in [-0.39, 0.29) is 17.9 Å². The van der Waals surface area contributed by atoms with Crippen LogP contribution in [0.4, 0.5) is 0 Å². The second kappa shape index (κ2) is 6.37. The van der Waals surface area contributed by atoms with E-state index in [1.54, 1.807) is 37.3 Å². The Morgan fingerprint density at radius 1 is 1.21 bits per heavy atom. The van der Waals surface area contributed by atoms with Crippen molar-refractivity contribution < 1.29 is 19.1 Å². The van der Waals surface area contributed by atoms with E-state index in [9.17, 15) is 14.7 Å². The van der Waals surface area contributed by atoms with E-state index in [4.69, 9.17) is 20.8 Å². The second-order valence-corrected chi connectivity index (χ2v) is 5.70. The zero-order valence-electron chi connectivity index (χ0n) is 12.7. The van der Waals surface area contributed by atoms with Crippen molar-refractivity contribution >= 4 is 28.5 Å². The summed E-state index contributed by atoms with van der Waals surface area (Å²) in [7, 11) is 0. The molecule has 2 aromatic carbocycles. The van der Waals surface area contributed by atoms with Crippen molar-refractivity contribution in [3.8, 4) is 5.75 Å². The summed E-state index contributed by atoms with van der Waals surface area (Å²) in [6.07, 6.45) is 0. The summed E-state index contributed by atoms with van der Waals surface area (Å²) >= 11 is 5.78. The van der Waals surface area contributed by atoms with Crippen molar-refractivity contribution in [2.45, 2.75) is 13.5 Å². The van der Waals surface area contributed by atoms with Gasteiger partial charge in [-0.05, 0) is 43.3 Å². The number of benzene rings is 2. The van der Waals surface area contributed by atoms with Gasteiger partial charge in [-0.15, -0.1) is 0 Å². The van der Waals surface area contributed by atoms with Crippen molar-refractivity contribution in [2.24, 2.45) is 0 Å². The number of fused-ring (bicyclic) bond motifs is 1. The molecule has 0 fully saturated rings. The van der Waals surface area contributed by atoms with Crippen LogP contribution in [-0.2, 0) is 11.3 Å². The third-order valence-corrected chi connectivity index (χ3v) is 3.91. The number of rotatable bonds is 3. The van der Waals surface area contributed by atoms with Gasteiger partial charge >= 0.3 is 11.6 Å². The van der Waals surface area contributed by atoms with Crippen LogP contribution in [-0.4, -0.2) is 11.1 Å². The summed E-state index contributed by atoms with van der Waals surface area (Å²) in [4.78, 5) is 23.8. The van der Waals surface area contributed by atoms with E-state index < -0.39 is 11.6 Å². The number of carbonyl (C=O) groups is 1. The molecule has 1 aromatic heterocycles. The Hall–Kier alpha value is -2.79. The lowest BCUT2D eigenvalue weighted by Crippen LogP contribution is -2.08. The zero-order chi connectivity index (χ0) is 17.3. The molecule has 0 unspecified atom stereocenters. The topological polar surface area (TPSA) is 76.7 Å². The number of halogens is 1. The molecule has 5 nitrogen and oxygen atoms in total. The maximum Gasteiger partial charge on any atom is 0.338 e. The van der Waals surface area contributed by atoms with Gasteiger partial charge in [-0.1, -0.05) is 11.6 Å².